The van der Waals surface area contributed by atoms with E-state index < -0.39 is 6.04 Å². The molecule has 0 saturated carbocycles. The molecule has 1 aliphatic rings. The highest BCUT2D eigenvalue weighted by atomic mass is 16.5. The van der Waals surface area contributed by atoms with Gasteiger partial charge in [-0.05, 0) is 18.8 Å². The maximum atomic E-state index is 12.2. The summed E-state index contributed by atoms with van der Waals surface area (Å²) >= 11 is 0. The molecule has 5 heteroatoms. The normalized spacial score (nSPS) is 18.3. The number of carbonyl (C=O) groups is 2. The molecule has 1 rings (SSSR count). The molecule has 20 heavy (non-hydrogen) atoms. The van der Waals surface area contributed by atoms with Crippen LogP contribution in [-0.2, 0) is 14.3 Å². The lowest BCUT2D eigenvalue weighted by Gasteiger charge is -2.26. The minimum absolute atomic E-state index is 0.0847. The molecule has 116 valence electrons. The molecule has 1 aliphatic heterocycles. The number of amides is 1. The van der Waals surface area contributed by atoms with Crippen LogP contribution in [0.1, 0.15) is 46.0 Å². The van der Waals surface area contributed by atoms with Crippen molar-refractivity contribution in [2.24, 2.45) is 5.92 Å². The molecule has 5 nitrogen and oxygen atoms in total. The van der Waals surface area contributed by atoms with Gasteiger partial charge in [-0.1, -0.05) is 33.1 Å². The summed E-state index contributed by atoms with van der Waals surface area (Å²) in [5.41, 5.74) is 0. The van der Waals surface area contributed by atoms with Gasteiger partial charge in [0.05, 0.1) is 13.7 Å². The van der Waals surface area contributed by atoms with Gasteiger partial charge in [-0.3, -0.25) is 14.9 Å². The number of methoxy groups -OCH3 is 1. The molecular formula is C15H28N2O3. The van der Waals surface area contributed by atoms with Gasteiger partial charge in [-0.2, -0.15) is 0 Å². The van der Waals surface area contributed by atoms with Gasteiger partial charge in [0.15, 0.2) is 0 Å². The van der Waals surface area contributed by atoms with Crippen molar-refractivity contribution >= 4 is 11.9 Å². The van der Waals surface area contributed by atoms with E-state index in [1.54, 1.807) is 0 Å². The Balaban J connectivity index is 2.45. The fourth-order valence-corrected chi connectivity index (χ4v) is 2.52. The van der Waals surface area contributed by atoms with Crippen molar-refractivity contribution in [1.82, 2.24) is 10.2 Å². The molecule has 0 aromatic rings. The molecule has 0 radical (unpaired) electrons. The van der Waals surface area contributed by atoms with Gasteiger partial charge in [-0.25, -0.2) is 0 Å². The topological polar surface area (TPSA) is 58.6 Å². The second kappa shape index (κ2) is 8.95. The van der Waals surface area contributed by atoms with E-state index in [1.165, 1.54) is 26.4 Å². The van der Waals surface area contributed by atoms with Gasteiger partial charge in [0.1, 0.15) is 6.04 Å². The molecule has 1 N–H and O–H groups in total. The van der Waals surface area contributed by atoms with E-state index >= 15 is 0 Å². The molecule has 1 unspecified atom stereocenters. The van der Waals surface area contributed by atoms with E-state index in [-0.39, 0.29) is 24.3 Å². The lowest BCUT2D eigenvalue weighted by Crippen LogP contribution is -2.47. The van der Waals surface area contributed by atoms with Crippen molar-refractivity contribution < 1.29 is 14.3 Å². The number of carbonyl (C=O) groups excluding carboxylic acids is 2. The first kappa shape index (κ1) is 17.0. The number of nitrogens with one attached hydrogen (secondary N) is 1. The fraction of sp³-hybridized carbons (Fsp3) is 0.867. The number of nitrogens with zero attached hydrogens (tertiary/aromatic N) is 1. The highest BCUT2D eigenvalue weighted by molar-refractivity contribution is 5.80. The molecule has 1 saturated heterocycles. The summed E-state index contributed by atoms with van der Waals surface area (Å²) in [6.45, 7) is 5.76. The molecular weight excluding hydrogens is 256 g/mol. The Bertz CT molecular complexity index is 310. The van der Waals surface area contributed by atoms with E-state index in [4.69, 9.17) is 4.74 Å². The second-order valence-electron chi connectivity index (χ2n) is 5.77. The van der Waals surface area contributed by atoms with Crippen LogP contribution in [0.2, 0.25) is 0 Å². The van der Waals surface area contributed by atoms with E-state index in [2.05, 4.69) is 5.32 Å². The third-order valence-electron chi connectivity index (χ3n) is 3.80. The summed E-state index contributed by atoms with van der Waals surface area (Å²) in [4.78, 5) is 25.8. The standard InChI is InChI=1S/C15H28N2O3/c1-12(2)14(15(19)20-3)16-11-13(18)17-9-7-5-4-6-8-10-17/h12,14,16H,4-11H2,1-3H3. The van der Waals surface area contributed by atoms with E-state index in [0.29, 0.717) is 0 Å². The largest absolute Gasteiger partial charge is 0.468 e. The molecule has 0 aromatic carbocycles. The van der Waals surface area contributed by atoms with Crippen LogP contribution in [0.4, 0.5) is 0 Å². The SMILES string of the molecule is COC(=O)C(NCC(=O)N1CCCCCCC1)C(C)C. The molecule has 1 heterocycles. The van der Waals surface area contributed by atoms with Crippen molar-refractivity contribution in [3.05, 3.63) is 0 Å². The summed E-state index contributed by atoms with van der Waals surface area (Å²) < 4.78 is 4.76. The molecule has 0 bridgehead atoms. The first-order chi connectivity index (χ1) is 9.56. The zero-order valence-corrected chi connectivity index (χ0v) is 13.0. The maximum Gasteiger partial charge on any atom is 0.323 e. The van der Waals surface area contributed by atoms with Gasteiger partial charge in [0.25, 0.3) is 0 Å². The minimum Gasteiger partial charge on any atom is -0.468 e. The smallest absolute Gasteiger partial charge is 0.323 e. The van der Waals surface area contributed by atoms with Crippen LogP contribution < -0.4 is 5.32 Å². The Morgan fingerprint density at radius 1 is 1.10 bits per heavy atom. The lowest BCUT2D eigenvalue weighted by molar-refractivity contribution is -0.144. The van der Waals surface area contributed by atoms with E-state index in [0.717, 1.165) is 25.9 Å². The van der Waals surface area contributed by atoms with Crippen LogP contribution in [0.3, 0.4) is 0 Å². The predicted octanol–water partition coefficient (Wildman–Crippen LogP) is 1.57. The molecule has 1 amide bonds. The molecule has 0 aliphatic carbocycles. The number of ether oxygens (including phenoxy) is 1. The van der Waals surface area contributed by atoms with Crippen LogP contribution in [-0.4, -0.2) is 49.6 Å². The van der Waals surface area contributed by atoms with Crippen LogP contribution in [0.5, 0.6) is 0 Å². The van der Waals surface area contributed by atoms with Gasteiger partial charge in [-0.15, -0.1) is 0 Å². The molecule has 1 atom stereocenters. The van der Waals surface area contributed by atoms with Crippen molar-refractivity contribution in [2.45, 2.75) is 52.0 Å². The summed E-state index contributed by atoms with van der Waals surface area (Å²) in [5, 5.41) is 3.04. The van der Waals surface area contributed by atoms with E-state index in [1.807, 2.05) is 18.7 Å². The average Bonchev–Trinajstić information content (AvgIpc) is 2.37. The lowest BCUT2D eigenvalue weighted by atomic mass is 10.0. The summed E-state index contributed by atoms with van der Waals surface area (Å²) in [7, 11) is 1.37. The number of esters is 1. The summed E-state index contributed by atoms with van der Waals surface area (Å²) in [6, 6.07) is -0.418. The van der Waals surface area contributed by atoms with Gasteiger partial charge < -0.3 is 9.64 Å². The zero-order valence-electron chi connectivity index (χ0n) is 13.0. The quantitative estimate of drug-likeness (QED) is 0.779. The Labute approximate surface area is 122 Å². The summed E-state index contributed by atoms with van der Waals surface area (Å²) in [5.74, 6) is -0.121. The Hall–Kier alpha value is -1.10. The molecule has 1 fully saturated rings. The number of likely N-dealkylation sites (tertiary alicyclic amines) is 1. The van der Waals surface area contributed by atoms with Crippen LogP contribution in [0, 0.1) is 5.92 Å². The first-order valence-corrected chi connectivity index (χ1v) is 7.65. The van der Waals surface area contributed by atoms with Crippen molar-refractivity contribution in [3.63, 3.8) is 0 Å². The number of rotatable bonds is 5. The van der Waals surface area contributed by atoms with Crippen LogP contribution in [0.15, 0.2) is 0 Å². The highest BCUT2D eigenvalue weighted by Crippen LogP contribution is 2.10. The third kappa shape index (κ3) is 5.49. The Morgan fingerprint density at radius 3 is 2.15 bits per heavy atom. The van der Waals surface area contributed by atoms with Crippen molar-refractivity contribution in [1.29, 1.82) is 0 Å². The maximum absolute atomic E-state index is 12.2. The first-order valence-electron chi connectivity index (χ1n) is 7.65. The number of hydrogen-bond acceptors (Lipinski definition) is 4. The van der Waals surface area contributed by atoms with Crippen LogP contribution in [0.25, 0.3) is 0 Å². The molecule has 0 spiro atoms. The van der Waals surface area contributed by atoms with Gasteiger partial charge in [0.2, 0.25) is 5.91 Å². The monoisotopic (exact) mass is 284 g/mol. The highest BCUT2D eigenvalue weighted by Gasteiger charge is 2.24. The molecule has 0 aromatic heterocycles. The minimum atomic E-state index is -0.418. The van der Waals surface area contributed by atoms with Gasteiger partial charge in [0, 0.05) is 13.1 Å². The van der Waals surface area contributed by atoms with Gasteiger partial charge >= 0.3 is 5.97 Å². The third-order valence-corrected chi connectivity index (χ3v) is 3.80. The summed E-state index contributed by atoms with van der Waals surface area (Å²) in [6.07, 6.45) is 5.84. The zero-order chi connectivity index (χ0) is 15.0. The second-order valence-corrected chi connectivity index (χ2v) is 5.77. The average molecular weight is 284 g/mol. The van der Waals surface area contributed by atoms with Crippen molar-refractivity contribution in [2.75, 3.05) is 26.7 Å². The van der Waals surface area contributed by atoms with Crippen molar-refractivity contribution in [3.8, 4) is 0 Å². The number of hydrogen-bond donors (Lipinski definition) is 1. The Kier molecular flexibility index (Phi) is 7.59. The Morgan fingerprint density at radius 2 is 1.65 bits per heavy atom. The fourth-order valence-electron chi connectivity index (χ4n) is 2.52. The van der Waals surface area contributed by atoms with E-state index in [9.17, 15) is 9.59 Å². The van der Waals surface area contributed by atoms with Crippen LogP contribution >= 0.6 is 0 Å². The predicted molar refractivity (Wildman–Crippen MR) is 78.3 cm³/mol.